The van der Waals surface area contributed by atoms with Gasteiger partial charge in [0, 0.05) is 35.1 Å². The van der Waals surface area contributed by atoms with E-state index in [4.69, 9.17) is 0 Å². The van der Waals surface area contributed by atoms with Crippen molar-refractivity contribution in [2.45, 2.75) is 51.0 Å². The summed E-state index contributed by atoms with van der Waals surface area (Å²) in [5.41, 5.74) is 4.10. The zero-order chi connectivity index (χ0) is 14.4. The Balaban J connectivity index is 1.86. The van der Waals surface area contributed by atoms with Crippen molar-refractivity contribution < 1.29 is 5.11 Å². The normalized spacial score (nSPS) is 28.3. The molecule has 0 spiro atoms. The van der Waals surface area contributed by atoms with Gasteiger partial charge in [0.2, 0.25) is 0 Å². The van der Waals surface area contributed by atoms with E-state index in [0.29, 0.717) is 17.7 Å². The SMILES string of the molecule is CCCC1[C@H]2CCCN1CCc1c2[nH]c2ccc(O)cc12. The number of nitrogens with one attached hydrogen (secondary N) is 1. The number of hydrogen-bond acceptors (Lipinski definition) is 2. The number of rotatable bonds is 2. The zero-order valence-corrected chi connectivity index (χ0v) is 12.7. The van der Waals surface area contributed by atoms with E-state index in [1.165, 1.54) is 54.4 Å². The van der Waals surface area contributed by atoms with Crippen molar-refractivity contribution in [1.82, 2.24) is 9.88 Å². The zero-order valence-electron chi connectivity index (χ0n) is 12.7. The van der Waals surface area contributed by atoms with Crippen LogP contribution in [0, 0.1) is 0 Å². The molecule has 3 atom stereocenters. The summed E-state index contributed by atoms with van der Waals surface area (Å²) in [6, 6.07) is 6.44. The molecule has 3 nitrogen and oxygen atoms in total. The van der Waals surface area contributed by atoms with Gasteiger partial charge in [0.1, 0.15) is 5.75 Å². The second kappa shape index (κ2) is 5.06. The average Bonchev–Trinajstić information content (AvgIpc) is 2.81. The molecule has 0 aliphatic carbocycles. The highest BCUT2D eigenvalue weighted by Crippen LogP contribution is 2.41. The summed E-state index contributed by atoms with van der Waals surface area (Å²) in [5.74, 6) is 1.02. The number of nitrogens with zero attached hydrogens (tertiary/aromatic N) is 1. The number of aromatic hydroxyl groups is 1. The number of hydrogen-bond donors (Lipinski definition) is 2. The van der Waals surface area contributed by atoms with E-state index in [2.05, 4.69) is 16.8 Å². The monoisotopic (exact) mass is 284 g/mol. The number of aromatic nitrogens is 1. The van der Waals surface area contributed by atoms with Crippen LogP contribution in [0.25, 0.3) is 10.9 Å². The first kappa shape index (κ1) is 13.2. The van der Waals surface area contributed by atoms with Gasteiger partial charge in [-0.1, -0.05) is 13.3 Å². The molecule has 3 heteroatoms. The molecular formula is C18H24N2O. The predicted molar refractivity (Wildman–Crippen MR) is 85.9 cm³/mol. The van der Waals surface area contributed by atoms with Crippen LogP contribution >= 0.6 is 0 Å². The fourth-order valence-electron chi connectivity index (χ4n) is 4.52. The molecule has 2 N–H and O–H groups in total. The van der Waals surface area contributed by atoms with Crippen LogP contribution in [0.4, 0.5) is 0 Å². The summed E-state index contributed by atoms with van der Waals surface area (Å²) in [6.45, 7) is 4.72. The molecule has 112 valence electrons. The summed E-state index contributed by atoms with van der Waals surface area (Å²) < 4.78 is 0. The van der Waals surface area contributed by atoms with Gasteiger partial charge in [-0.25, -0.2) is 0 Å². The largest absolute Gasteiger partial charge is 0.508 e. The summed E-state index contributed by atoms with van der Waals surface area (Å²) in [5, 5.41) is 11.1. The number of benzene rings is 1. The maximum atomic E-state index is 9.82. The molecule has 2 aromatic rings. The van der Waals surface area contributed by atoms with Gasteiger partial charge in [-0.15, -0.1) is 0 Å². The standard InChI is InChI=1S/C18H24N2O/c1-2-4-17-14-5-3-9-20(17)10-8-13-15-11-12(21)6-7-16(15)19-18(13)14/h6-7,11,14,17,19,21H,2-5,8-10H2,1H3/t14-,17?/m1/s1. The minimum absolute atomic E-state index is 0.377. The first-order chi connectivity index (χ1) is 10.3. The van der Waals surface area contributed by atoms with Crippen molar-refractivity contribution in [2.24, 2.45) is 0 Å². The highest BCUT2D eigenvalue weighted by molar-refractivity contribution is 5.86. The second-order valence-corrected chi connectivity index (χ2v) is 6.64. The van der Waals surface area contributed by atoms with Gasteiger partial charge in [0.15, 0.2) is 0 Å². The quantitative estimate of drug-likeness (QED) is 0.881. The Kier molecular flexibility index (Phi) is 3.18. The van der Waals surface area contributed by atoms with E-state index in [0.717, 1.165) is 13.0 Å². The molecule has 3 heterocycles. The molecule has 2 bridgehead atoms. The number of H-pyrrole nitrogens is 1. The molecule has 0 radical (unpaired) electrons. The molecule has 1 saturated heterocycles. The van der Waals surface area contributed by atoms with Crippen LogP contribution in [0.1, 0.15) is 49.8 Å². The molecule has 1 aromatic heterocycles. The minimum Gasteiger partial charge on any atom is -0.508 e. The van der Waals surface area contributed by atoms with Crippen LogP contribution in [-0.2, 0) is 6.42 Å². The van der Waals surface area contributed by atoms with Crippen LogP contribution in [0.15, 0.2) is 18.2 Å². The Morgan fingerprint density at radius 3 is 3.10 bits per heavy atom. The van der Waals surface area contributed by atoms with Crippen molar-refractivity contribution in [3.05, 3.63) is 29.5 Å². The minimum atomic E-state index is 0.377. The number of phenolic OH excluding ortho intramolecular Hbond substituents is 1. The van der Waals surface area contributed by atoms with Crippen molar-refractivity contribution in [3.63, 3.8) is 0 Å². The van der Waals surface area contributed by atoms with Gasteiger partial charge in [0.05, 0.1) is 0 Å². The molecule has 1 fully saturated rings. The summed E-state index contributed by atoms with van der Waals surface area (Å²) >= 11 is 0. The lowest BCUT2D eigenvalue weighted by atomic mass is 9.84. The Hall–Kier alpha value is -1.48. The lowest BCUT2D eigenvalue weighted by Gasteiger charge is -2.39. The van der Waals surface area contributed by atoms with E-state index in [1.807, 2.05) is 12.1 Å². The smallest absolute Gasteiger partial charge is 0.116 e. The van der Waals surface area contributed by atoms with Crippen molar-refractivity contribution in [1.29, 1.82) is 0 Å². The first-order valence-corrected chi connectivity index (χ1v) is 8.35. The fourth-order valence-corrected chi connectivity index (χ4v) is 4.52. The topological polar surface area (TPSA) is 39.3 Å². The molecule has 4 rings (SSSR count). The van der Waals surface area contributed by atoms with E-state index in [9.17, 15) is 5.11 Å². The second-order valence-electron chi connectivity index (χ2n) is 6.64. The lowest BCUT2D eigenvalue weighted by Crippen LogP contribution is -2.43. The molecule has 2 aliphatic heterocycles. The van der Waals surface area contributed by atoms with Crippen LogP contribution in [0.3, 0.4) is 0 Å². The van der Waals surface area contributed by atoms with Crippen molar-refractivity contribution in [2.75, 3.05) is 13.1 Å². The Bertz CT molecular complexity index is 661. The third-order valence-electron chi connectivity index (χ3n) is 5.42. The number of piperidine rings is 1. The van der Waals surface area contributed by atoms with Crippen LogP contribution in [-0.4, -0.2) is 34.1 Å². The van der Waals surface area contributed by atoms with Gasteiger partial charge in [-0.05, 0) is 56.0 Å². The van der Waals surface area contributed by atoms with Crippen LogP contribution in [0.5, 0.6) is 5.75 Å². The van der Waals surface area contributed by atoms with E-state index < -0.39 is 0 Å². The molecule has 2 unspecified atom stereocenters. The maximum Gasteiger partial charge on any atom is 0.116 e. The Labute approximate surface area is 126 Å². The Morgan fingerprint density at radius 2 is 2.24 bits per heavy atom. The fraction of sp³-hybridized carbons (Fsp3) is 0.556. The highest BCUT2D eigenvalue weighted by Gasteiger charge is 2.36. The summed E-state index contributed by atoms with van der Waals surface area (Å²) in [4.78, 5) is 6.40. The van der Waals surface area contributed by atoms with Gasteiger partial charge in [-0.2, -0.15) is 0 Å². The molecular weight excluding hydrogens is 260 g/mol. The Morgan fingerprint density at radius 1 is 1.33 bits per heavy atom. The molecule has 0 saturated carbocycles. The number of aromatic amines is 1. The third-order valence-corrected chi connectivity index (χ3v) is 5.42. The molecule has 1 aromatic carbocycles. The maximum absolute atomic E-state index is 9.82. The summed E-state index contributed by atoms with van der Waals surface area (Å²) in [6.07, 6.45) is 6.27. The van der Waals surface area contributed by atoms with Crippen molar-refractivity contribution in [3.8, 4) is 5.75 Å². The van der Waals surface area contributed by atoms with E-state index in [-0.39, 0.29) is 0 Å². The predicted octanol–water partition coefficient (Wildman–Crippen LogP) is 3.78. The van der Waals surface area contributed by atoms with Crippen molar-refractivity contribution >= 4 is 10.9 Å². The van der Waals surface area contributed by atoms with E-state index in [1.54, 1.807) is 6.07 Å². The third kappa shape index (κ3) is 2.06. The molecule has 2 aliphatic rings. The molecule has 21 heavy (non-hydrogen) atoms. The number of fused-ring (bicyclic) bond motifs is 6. The highest BCUT2D eigenvalue weighted by atomic mass is 16.3. The lowest BCUT2D eigenvalue weighted by molar-refractivity contribution is 0.125. The molecule has 0 amide bonds. The van der Waals surface area contributed by atoms with Gasteiger partial charge >= 0.3 is 0 Å². The first-order valence-electron chi connectivity index (χ1n) is 8.35. The van der Waals surface area contributed by atoms with Gasteiger partial charge < -0.3 is 10.1 Å². The van der Waals surface area contributed by atoms with Gasteiger partial charge in [-0.3, -0.25) is 4.90 Å². The van der Waals surface area contributed by atoms with Crippen LogP contribution in [0.2, 0.25) is 0 Å². The van der Waals surface area contributed by atoms with Crippen LogP contribution < -0.4 is 0 Å². The average molecular weight is 284 g/mol. The number of phenols is 1. The van der Waals surface area contributed by atoms with E-state index >= 15 is 0 Å². The summed E-state index contributed by atoms with van der Waals surface area (Å²) in [7, 11) is 0. The van der Waals surface area contributed by atoms with Gasteiger partial charge in [0.25, 0.3) is 0 Å².